The smallest absolute Gasteiger partial charge is 0.408 e. The number of benzene rings is 1. The van der Waals surface area contributed by atoms with Gasteiger partial charge in [-0.25, -0.2) is 4.79 Å². The van der Waals surface area contributed by atoms with Crippen molar-refractivity contribution in [3.63, 3.8) is 0 Å². The van der Waals surface area contributed by atoms with Crippen LogP contribution in [0.3, 0.4) is 0 Å². The van der Waals surface area contributed by atoms with Gasteiger partial charge in [-0.3, -0.25) is 14.4 Å². The van der Waals surface area contributed by atoms with Gasteiger partial charge in [0.25, 0.3) is 0 Å². The van der Waals surface area contributed by atoms with Gasteiger partial charge >= 0.3 is 12.1 Å². The van der Waals surface area contributed by atoms with Gasteiger partial charge in [-0.15, -0.1) is 0 Å². The number of aromatic hydroxyl groups is 1. The van der Waals surface area contributed by atoms with Crippen LogP contribution < -0.4 is 10.6 Å². The van der Waals surface area contributed by atoms with Crippen LogP contribution in [0.4, 0.5) is 4.79 Å². The molecule has 0 saturated carbocycles. The van der Waals surface area contributed by atoms with Gasteiger partial charge < -0.3 is 30.1 Å². The average molecular weight is 568 g/mol. The Hall–Kier alpha value is -2.95. The summed E-state index contributed by atoms with van der Waals surface area (Å²) in [5.41, 5.74) is 0.283. The Morgan fingerprint density at radius 2 is 1.82 bits per heavy atom. The highest BCUT2D eigenvalue weighted by Gasteiger charge is 2.38. The van der Waals surface area contributed by atoms with Gasteiger partial charge in [0.15, 0.2) is 0 Å². The van der Waals surface area contributed by atoms with Crippen molar-refractivity contribution in [2.45, 2.75) is 91.5 Å². The second kappa shape index (κ2) is 16.2. The number of thioether (sulfide) groups is 1. The number of rotatable bonds is 14. The second-order valence-electron chi connectivity index (χ2n) is 10.3. The number of carbonyl (C=O) groups excluding carboxylic acids is 4. The van der Waals surface area contributed by atoms with Gasteiger partial charge in [0.1, 0.15) is 23.4 Å². The molecular weight excluding hydrogens is 522 g/mol. The van der Waals surface area contributed by atoms with E-state index in [9.17, 15) is 24.3 Å². The summed E-state index contributed by atoms with van der Waals surface area (Å²) in [7, 11) is 0. The maximum Gasteiger partial charge on any atom is 0.408 e. The molecule has 0 heterocycles. The molecular formula is C28H45N3O7S. The number of esters is 1. The Bertz CT molecular complexity index is 980. The molecule has 10 nitrogen and oxygen atoms in total. The van der Waals surface area contributed by atoms with E-state index in [0.29, 0.717) is 29.7 Å². The van der Waals surface area contributed by atoms with E-state index >= 15 is 0 Å². The van der Waals surface area contributed by atoms with Crippen LogP contribution in [0.5, 0.6) is 5.75 Å². The third-order valence-corrected chi connectivity index (χ3v) is 6.56. The summed E-state index contributed by atoms with van der Waals surface area (Å²) in [6, 6.07) is 2.34. The van der Waals surface area contributed by atoms with Crippen LogP contribution in [-0.4, -0.2) is 76.7 Å². The monoisotopic (exact) mass is 567 g/mol. The summed E-state index contributed by atoms with van der Waals surface area (Å²) < 4.78 is 10.3. The molecule has 0 aliphatic carbocycles. The maximum absolute atomic E-state index is 14.1. The Balaban J connectivity index is 3.48. The normalized spacial score (nSPS) is 13.5. The van der Waals surface area contributed by atoms with Crippen LogP contribution in [0.15, 0.2) is 18.2 Å². The van der Waals surface area contributed by atoms with E-state index < -0.39 is 41.6 Å². The molecule has 0 bridgehead atoms. The van der Waals surface area contributed by atoms with Crippen molar-refractivity contribution in [1.82, 2.24) is 15.5 Å². The molecule has 3 N–H and O–H groups in total. The first-order valence-electron chi connectivity index (χ1n) is 13.3. The van der Waals surface area contributed by atoms with Crippen molar-refractivity contribution >= 4 is 35.6 Å². The standard InChI is InChI=1S/C28H45N3O7S/c1-9-19(4)31(26(35)21(14-16-39-8)30-27(36)38-28(5,6)7)24(20-11-12-22(32)18(3)17-20)25(34)29-15-13-23(33)37-10-2/h11-12,17,19,21,24,32H,9-10,13-16H2,1-8H3,(H,29,34)(H,30,36). The zero-order valence-corrected chi connectivity index (χ0v) is 25.3. The SMILES string of the molecule is CCOC(=O)CCNC(=O)C(c1ccc(O)c(C)c1)N(C(=O)C(CCSC)NC(=O)OC(C)(C)C)C(C)CC. The van der Waals surface area contributed by atoms with E-state index in [1.165, 1.54) is 22.7 Å². The predicted octanol–water partition coefficient (Wildman–Crippen LogP) is 4.08. The third-order valence-electron chi connectivity index (χ3n) is 5.92. The number of alkyl carbamates (subject to hydrolysis) is 1. The molecule has 0 aliphatic heterocycles. The number of ether oxygens (including phenoxy) is 2. The fourth-order valence-electron chi connectivity index (χ4n) is 3.82. The van der Waals surface area contributed by atoms with Crippen molar-refractivity contribution in [3.8, 4) is 5.75 Å². The van der Waals surface area contributed by atoms with Crippen LogP contribution in [0.25, 0.3) is 0 Å². The first kappa shape index (κ1) is 34.1. The molecule has 1 aromatic carbocycles. The van der Waals surface area contributed by atoms with Crippen LogP contribution >= 0.6 is 11.8 Å². The quantitative estimate of drug-likeness (QED) is 0.286. The lowest BCUT2D eigenvalue weighted by atomic mass is 9.97. The van der Waals surface area contributed by atoms with Gasteiger partial charge in [0.05, 0.1) is 13.0 Å². The van der Waals surface area contributed by atoms with Gasteiger partial charge in [0, 0.05) is 12.6 Å². The number of hydrogen-bond acceptors (Lipinski definition) is 8. The number of carbonyl (C=O) groups is 4. The van der Waals surface area contributed by atoms with Gasteiger partial charge in [0.2, 0.25) is 11.8 Å². The largest absolute Gasteiger partial charge is 0.508 e. The lowest BCUT2D eigenvalue weighted by Gasteiger charge is -2.38. The summed E-state index contributed by atoms with van der Waals surface area (Å²) in [6.45, 7) is 12.6. The molecule has 0 aromatic heterocycles. The molecule has 220 valence electrons. The highest BCUT2D eigenvalue weighted by Crippen LogP contribution is 2.29. The highest BCUT2D eigenvalue weighted by molar-refractivity contribution is 7.98. The molecule has 3 amide bonds. The van der Waals surface area contributed by atoms with Crippen molar-refractivity contribution in [2.75, 3.05) is 25.2 Å². The van der Waals surface area contributed by atoms with E-state index in [0.717, 1.165) is 0 Å². The van der Waals surface area contributed by atoms with E-state index in [4.69, 9.17) is 9.47 Å². The lowest BCUT2D eigenvalue weighted by Crippen LogP contribution is -2.55. The number of nitrogens with one attached hydrogen (secondary N) is 2. The van der Waals surface area contributed by atoms with Crippen LogP contribution in [0.2, 0.25) is 0 Å². The summed E-state index contributed by atoms with van der Waals surface area (Å²) in [6.07, 6.45) is 2.03. The fourth-order valence-corrected chi connectivity index (χ4v) is 4.29. The van der Waals surface area contributed by atoms with Crippen molar-refractivity contribution < 1.29 is 33.8 Å². The number of hydrogen-bond donors (Lipinski definition) is 3. The molecule has 39 heavy (non-hydrogen) atoms. The summed E-state index contributed by atoms with van der Waals surface area (Å²) in [5.74, 6) is -0.705. The minimum atomic E-state index is -1.08. The molecule has 3 unspecified atom stereocenters. The van der Waals surface area contributed by atoms with E-state index in [1.807, 2.05) is 20.1 Å². The van der Waals surface area contributed by atoms with Gasteiger partial charge in [-0.2, -0.15) is 11.8 Å². The number of amides is 3. The first-order chi connectivity index (χ1) is 18.2. The first-order valence-corrected chi connectivity index (χ1v) is 14.7. The molecule has 3 atom stereocenters. The topological polar surface area (TPSA) is 134 Å². The maximum atomic E-state index is 14.1. The number of phenolic OH excluding ortho intramolecular Hbond substituents is 1. The third kappa shape index (κ3) is 11.4. The molecule has 0 radical (unpaired) electrons. The molecule has 0 fully saturated rings. The predicted molar refractivity (Wildman–Crippen MR) is 153 cm³/mol. The number of phenols is 1. The van der Waals surface area contributed by atoms with Crippen LogP contribution in [0, 0.1) is 6.92 Å². The minimum Gasteiger partial charge on any atom is -0.508 e. The van der Waals surface area contributed by atoms with E-state index in [2.05, 4.69) is 10.6 Å². The molecule has 0 aliphatic rings. The summed E-state index contributed by atoms with van der Waals surface area (Å²) in [5, 5.41) is 15.6. The molecule has 0 spiro atoms. The van der Waals surface area contributed by atoms with E-state index in [-0.39, 0.29) is 31.4 Å². The summed E-state index contributed by atoms with van der Waals surface area (Å²) in [4.78, 5) is 53.7. The van der Waals surface area contributed by atoms with Crippen molar-refractivity contribution in [2.24, 2.45) is 0 Å². The highest BCUT2D eigenvalue weighted by atomic mass is 32.2. The summed E-state index contributed by atoms with van der Waals surface area (Å²) >= 11 is 1.53. The van der Waals surface area contributed by atoms with Gasteiger partial charge in [-0.1, -0.05) is 13.0 Å². The zero-order valence-electron chi connectivity index (χ0n) is 24.5. The zero-order chi connectivity index (χ0) is 29.8. The van der Waals surface area contributed by atoms with Crippen molar-refractivity contribution in [3.05, 3.63) is 29.3 Å². The Kier molecular flexibility index (Phi) is 14.2. The number of aryl methyl sites for hydroxylation is 1. The molecule has 11 heteroatoms. The molecule has 0 saturated heterocycles. The molecule has 1 rings (SSSR count). The van der Waals surface area contributed by atoms with Gasteiger partial charge in [-0.05, 0) is 89.7 Å². The van der Waals surface area contributed by atoms with Crippen LogP contribution in [0.1, 0.15) is 78.0 Å². The molecule has 1 aromatic rings. The van der Waals surface area contributed by atoms with E-state index in [1.54, 1.807) is 46.8 Å². The lowest BCUT2D eigenvalue weighted by molar-refractivity contribution is -0.146. The minimum absolute atomic E-state index is 0.0191. The second-order valence-corrected chi connectivity index (χ2v) is 11.3. The Labute approximate surface area is 236 Å². The van der Waals surface area contributed by atoms with Crippen molar-refractivity contribution in [1.29, 1.82) is 0 Å². The Morgan fingerprint density at radius 3 is 2.36 bits per heavy atom. The fraction of sp³-hybridized carbons (Fsp3) is 0.643. The van der Waals surface area contributed by atoms with Crippen LogP contribution in [-0.2, 0) is 23.9 Å². The average Bonchev–Trinajstić information content (AvgIpc) is 2.84. The number of nitrogens with zero attached hydrogens (tertiary/aromatic N) is 1. The Morgan fingerprint density at radius 1 is 1.15 bits per heavy atom.